The molecule has 1 atom stereocenters. The van der Waals surface area contributed by atoms with Gasteiger partial charge in [-0.1, -0.05) is 0 Å². The van der Waals surface area contributed by atoms with E-state index in [1.54, 1.807) is 18.7 Å². The Morgan fingerprint density at radius 3 is 2.53 bits per heavy atom. The third-order valence-electron chi connectivity index (χ3n) is 2.92. The van der Waals surface area contributed by atoms with Crippen LogP contribution in [0.2, 0.25) is 0 Å². The molecule has 3 amide bonds. The van der Waals surface area contributed by atoms with Gasteiger partial charge in [0, 0.05) is 31.6 Å². The zero-order chi connectivity index (χ0) is 14.6. The van der Waals surface area contributed by atoms with Crippen molar-refractivity contribution in [2.45, 2.75) is 45.2 Å². The summed E-state index contributed by atoms with van der Waals surface area (Å²) in [6.07, 6.45) is 0.577. The molecule has 108 valence electrons. The maximum Gasteiger partial charge on any atom is 0.317 e. The molecule has 19 heavy (non-hydrogen) atoms. The van der Waals surface area contributed by atoms with E-state index >= 15 is 0 Å². The molecule has 0 saturated carbocycles. The molecule has 0 radical (unpaired) electrons. The summed E-state index contributed by atoms with van der Waals surface area (Å²) < 4.78 is 0. The van der Waals surface area contributed by atoms with Gasteiger partial charge in [0.05, 0.1) is 6.42 Å². The van der Waals surface area contributed by atoms with E-state index in [0.29, 0.717) is 19.5 Å². The number of carboxylic acids is 1. The van der Waals surface area contributed by atoms with Crippen LogP contribution in [0, 0.1) is 0 Å². The van der Waals surface area contributed by atoms with Crippen LogP contribution < -0.4 is 10.6 Å². The molecule has 0 aliphatic carbocycles. The number of rotatable bonds is 4. The summed E-state index contributed by atoms with van der Waals surface area (Å²) in [5.41, 5.74) is -0.797. The molecular formula is C12H21N3O4. The van der Waals surface area contributed by atoms with E-state index < -0.39 is 11.5 Å². The number of nitrogens with zero attached hydrogens (tertiary/aromatic N) is 1. The van der Waals surface area contributed by atoms with Gasteiger partial charge in [0.25, 0.3) is 0 Å². The van der Waals surface area contributed by atoms with Gasteiger partial charge in [0.1, 0.15) is 0 Å². The number of hydrogen-bond acceptors (Lipinski definition) is 3. The Balaban J connectivity index is 2.47. The quantitative estimate of drug-likeness (QED) is 0.678. The zero-order valence-corrected chi connectivity index (χ0v) is 11.5. The molecule has 1 fully saturated rings. The van der Waals surface area contributed by atoms with Gasteiger partial charge in [0.2, 0.25) is 5.91 Å². The normalized spacial score (nSPS) is 19.1. The zero-order valence-electron chi connectivity index (χ0n) is 11.5. The molecule has 1 saturated heterocycles. The van der Waals surface area contributed by atoms with Gasteiger partial charge >= 0.3 is 12.0 Å². The molecule has 1 rings (SSSR count). The van der Waals surface area contributed by atoms with Gasteiger partial charge in [-0.3, -0.25) is 9.59 Å². The lowest BCUT2D eigenvalue weighted by Gasteiger charge is -2.27. The second-order valence-electron chi connectivity index (χ2n) is 5.52. The fourth-order valence-electron chi connectivity index (χ4n) is 2.14. The van der Waals surface area contributed by atoms with E-state index in [-0.39, 0.29) is 24.4 Å². The average Bonchev–Trinajstić information content (AvgIpc) is 2.61. The minimum absolute atomic E-state index is 0.0224. The van der Waals surface area contributed by atoms with Crippen molar-refractivity contribution in [3.05, 3.63) is 0 Å². The van der Waals surface area contributed by atoms with Crippen LogP contribution in [-0.4, -0.2) is 52.6 Å². The highest BCUT2D eigenvalue weighted by molar-refractivity contribution is 5.77. The molecule has 0 aromatic heterocycles. The summed E-state index contributed by atoms with van der Waals surface area (Å²) in [5.74, 6) is -1.07. The number of amides is 3. The highest BCUT2D eigenvalue weighted by Crippen LogP contribution is 2.13. The predicted molar refractivity (Wildman–Crippen MR) is 68.7 cm³/mol. The van der Waals surface area contributed by atoms with Crippen molar-refractivity contribution in [2.24, 2.45) is 0 Å². The first-order chi connectivity index (χ1) is 8.69. The molecule has 0 bridgehead atoms. The maximum absolute atomic E-state index is 12.0. The van der Waals surface area contributed by atoms with E-state index in [0.717, 1.165) is 0 Å². The smallest absolute Gasteiger partial charge is 0.317 e. The van der Waals surface area contributed by atoms with Gasteiger partial charge in [-0.25, -0.2) is 4.79 Å². The van der Waals surface area contributed by atoms with Crippen molar-refractivity contribution >= 4 is 17.9 Å². The number of carbonyl (C=O) groups excluding carboxylic acids is 2. The molecule has 0 aromatic rings. The maximum atomic E-state index is 12.0. The van der Waals surface area contributed by atoms with Crippen molar-refractivity contribution in [3.8, 4) is 0 Å². The van der Waals surface area contributed by atoms with Crippen molar-refractivity contribution < 1.29 is 19.5 Å². The first-order valence-electron chi connectivity index (χ1n) is 6.25. The van der Waals surface area contributed by atoms with Crippen molar-refractivity contribution in [1.82, 2.24) is 15.5 Å². The minimum Gasteiger partial charge on any atom is -0.481 e. The Morgan fingerprint density at radius 2 is 2.00 bits per heavy atom. The van der Waals surface area contributed by atoms with Crippen LogP contribution in [0.25, 0.3) is 0 Å². The molecule has 3 N–H and O–H groups in total. The first-order valence-corrected chi connectivity index (χ1v) is 6.25. The first kappa shape index (κ1) is 15.3. The molecule has 1 aliphatic heterocycles. The highest BCUT2D eigenvalue weighted by Gasteiger charge is 2.30. The van der Waals surface area contributed by atoms with E-state index in [9.17, 15) is 14.4 Å². The molecule has 1 aliphatic rings. The minimum atomic E-state index is -0.956. The van der Waals surface area contributed by atoms with Crippen LogP contribution in [0.4, 0.5) is 4.79 Å². The largest absolute Gasteiger partial charge is 0.481 e. The number of carboxylic acid groups (broad SMARTS) is 1. The number of hydrogen-bond donors (Lipinski definition) is 3. The fourth-order valence-corrected chi connectivity index (χ4v) is 2.14. The molecule has 7 nitrogen and oxygen atoms in total. The van der Waals surface area contributed by atoms with Gasteiger partial charge in [-0.15, -0.1) is 0 Å². The standard InChI is InChI=1S/C12H21N3O4/c1-8(16)13-9-4-5-15(7-9)11(19)14-12(2,3)6-10(17)18/h9H,4-7H2,1-3H3,(H,13,16)(H,14,19)(H,17,18). The number of likely N-dealkylation sites (tertiary alicyclic amines) is 1. The summed E-state index contributed by atoms with van der Waals surface area (Å²) >= 11 is 0. The molecule has 1 unspecified atom stereocenters. The second kappa shape index (κ2) is 5.90. The van der Waals surface area contributed by atoms with Gasteiger partial charge in [-0.2, -0.15) is 0 Å². The van der Waals surface area contributed by atoms with E-state index in [1.165, 1.54) is 6.92 Å². The summed E-state index contributed by atoms with van der Waals surface area (Å²) in [6, 6.07) is -0.315. The Morgan fingerprint density at radius 1 is 1.37 bits per heavy atom. The molecule has 1 heterocycles. The lowest BCUT2D eigenvalue weighted by atomic mass is 10.0. The predicted octanol–water partition coefficient (Wildman–Crippen LogP) is 0.160. The van der Waals surface area contributed by atoms with Crippen molar-refractivity contribution in [3.63, 3.8) is 0 Å². The SMILES string of the molecule is CC(=O)NC1CCN(C(=O)NC(C)(C)CC(=O)O)C1. The lowest BCUT2D eigenvalue weighted by Crippen LogP contribution is -2.51. The van der Waals surface area contributed by atoms with Crippen molar-refractivity contribution in [2.75, 3.05) is 13.1 Å². The van der Waals surface area contributed by atoms with Crippen LogP contribution in [0.5, 0.6) is 0 Å². The number of carbonyl (C=O) groups is 3. The Hall–Kier alpha value is -1.79. The van der Waals surface area contributed by atoms with Gasteiger partial charge < -0.3 is 20.6 Å². The molecule has 0 aromatic carbocycles. The lowest BCUT2D eigenvalue weighted by molar-refractivity contribution is -0.138. The van der Waals surface area contributed by atoms with Crippen molar-refractivity contribution in [1.29, 1.82) is 0 Å². The van der Waals surface area contributed by atoms with Crippen LogP contribution >= 0.6 is 0 Å². The summed E-state index contributed by atoms with van der Waals surface area (Å²) in [4.78, 5) is 35.2. The summed E-state index contributed by atoms with van der Waals surface area (Å²) in [7, 11) is 0. The van der Waals surface area contributed by atoms with Crippen LogP contribution in [0.1, 0.15) is 33.6 Å². The third-order valence-corrected chi connectivity index (χ3v) is 2.92. The topological polar surface area (TPSA) is 98.7 Å². The van der Waals surface area contributed by atoms with E-state index in [2.05, 4.69) is 10.6 Å². The van der Waals surface area contributed by atoms with Crippen LogP contribution in [-0.2, 0) is 9.59 Å². The summed E-state index contributed by atoms with van der Waals surface area (Å²) in [6.45, 7) is 5.79. The molecule has 0 spiro atoms. The Kier molecular flexibility index (Phi) is 4.74. The number of urea groups is 1. The van der Waals surface area contributed by atoms with Crippen LogP contribution in [0.15, 0.2) is 0 Å². The van der Waals surface area contributed by atoms with Gasteiger partial charge in [0.15, 0.2) is 0 Å². The van der Waals surface area contributed by atoms with Gasteiger partial charge in [-0.05, 0) is 20.3 Å². The number of nitrogens with one attached hydrogen (secondary N) is 2. The van der Waals surface area contributed by atoms with E-state index in [4.69, 9.17) is 5.11 Å². The Labute approximate surface area is 112 Å². The number of aliphatic carboxylic acids is 1. The Bertz CT molecular complexity index is 381. The molecule has 7 heteroatoms. The summed E-state index contributed by atoms with van der Waals surface area (Å²) in [5, 5.41) is 14.2. The monoisotopic (exact) mass is 271 g/mol. The second-order valence-corrected chi connectivity index (χ2v) is 5.52. The highest BCUT2D eigenvalue weighted by atomic mass is 16.4. The fraction of sp³-hybridized carbons (Fsp3) is 0.750. The third kappa shape index (κ3) is 5.15. The average molecular weight is 271 g/mol. The van der Waals surface area contributed by atoms with Crippen LogP contribution in [0.3, 0.4) is 0 Å². The van der Waals surface area contributed by atoms with E-state index in [1.807, 2.05) is 0 Å². The molecular weight excluding hydrogens is 250 g/mol.